The number of hydrogen-bond acceptors (Lipinski definition) is 5. The topological polar surface area (TPSA) is 94.4 Å². The van der Waals surface area contributed by atoms with Crippen molar-refractivity contribution in [3.05, 3.63) is 98.0 Å². The normalized spacial score (nSPS) is 14.5. The molecule has 3 aromatic heterocycles. The summed E-state index contributed by atoms with van der Waals surface area (Å²) >= 11 is 13.5. The Morgan fingerprint density at radius 1 is 1.04 bits per heavy atom. The highest BCUT2D eigenvalue weighted by Gasteiger charge is 2.37. The molecule has 3 aromatic carbocycles. The highest BCUT2D eigenvalue weighted by atomic mass is 35.5. The van der Waals surface area contributed by atoms with Crippen molar-refractivity contribution in [2.75, 3.05) is 24.7 Å². The van der Waals surface area contributed by atoms with Gasteiger partial charge in [-0.25, -0.2) is 4.79 Å². The van der Waals surface area contributed by atoms with E-state index in [1.807, 2.05) is 86.8 Å². The number of benzene rings is 3. The van der Waals surface area contributed by atoms with Gasteiger partial charge in [0.1, 0.15) is 17.1 Å². The summed E-state index contributed by atoms with van der Waals surface area (Å²) < 4.78 is 15.5. The van der Waals surface area contributed by atoms with Crippen molar-refractivity contribution in [2.24, 2.45) is 7.05 Å². The largest absolute Gasteiger partial charge is 0.494 e. The molecule has 0 bridgehead atoms. The molecule has 1 aliphatic rings. The molecule has 0 radical (unpaired) electrons. The first kappa shape index (κ1) is 34.7. The molecule has 1 N–H and O–H groups in total. The molecule has 0 spiro atoms. The fourth-order valence-corrected chi connectivity index (χ4v) is 7.98. The number of fused-ring (bicyclic) bond motifs is 4. The fourth-order valence-electron chi connectivity index (χ4n) is 7.62. The number of aryl methyl sites for hydroxylation is 5. The minimum absolute atomic E-state index is 0.116. The van der Waals surface area contributed by atoms with E-state index < -0.39 is 5.97 Å². The summed E-state index contributed by atoms with van der Waals surface area (Å²) in [7, 11) is 1.93. The maximum atomic E-state index is 15.0. The quantitative estimate of drug-likeness (QED) is 0.118. The number of hydrogen-bond donors (Lipinski definition) is 1. The lowest BCUT2D eigenvalue weighted by Gasteiger charge is -2.34. The van der Waals surface area contributed by atoms with Gasteiger partial charge in [-0.05, 0) is 101 Å². The van der Waals surface area contributed by atoms with E-state index in [1.54, 1.807) is 13.0 Å². The van der Waals surface area contributed by atoms with Crippen LogP contribution in [0.25, 0.3) is 32.9 Å². The Kier molecular flexibility index (Phi) is 9.14. The van der Waals surface area contributed by atoms with Gasteiger partial charge >= 0.3 is 5.97 Å². The van der Waals surface area contributed by atoms with Gasteiger partial charge in [-0.15, -0.1) is 0 Å². The number of halogens is 2. The smallest absolute Gasteiger partial charge is 0.354 e. The first-order chi connectivity index (χ1) is 24.4. The lowest BCUT2D eigenvalue weighted by Crippen LogP contribution is -2.42. The van der Waals surface area contributed by atoms with Gasteiger partial charge in [0.15, 0.2) is 0 Å². The molecule has 0 saturated carbocycles. The second-order valence-corrected chi connectivity index (χ2v) is 14.2. The third kappa shape index (κ3) is 5.86. The Labute approximate surface area is 307 Å². The van der Waals surface area contributed by atoms with Crippen LogP contribution in [0.1, 0.15) is 75.4 Å². The number of anilines is 1. The molecule has 51 heavy (non-hydrogen) atoms. The van der Waals surface area contributed by atoms with Crippen molar-refractivity contribution in [3.63, 3.8) is 0 Å². The Morgan fingerprint density at radius 2 is 1.78 bits per heavy atom. The van der Waals surface area contributed by atoms with Crippen LogP contribution in [0.4, 0.5) is 5.69 Å². The van der Waals surface area contributed by atoms with Crippen LogP contribution < -0.4 is 9.64 Å². The van der Waals surface area contributed by atoms with Crippen LogP contribution in [-0.2, 0) is 18.2 Å². The summed E-state index contributed by atoms with van der Waals surface area (Å²) in [5.41, 5.74) is 9.92. The molecule has 4 heterocycles. The molecule has 1 amide bonds. The molecular weight excluding hydrogens is 685 g/mol. The Hall–Kier alpha value is -4.73. The lowest BCUT2D eigenvalue weighted by atomic mass is 9.98. The zero-order valence-electron chi connectivity index (χ0n) is 29.9. The van der Waals surface area contributed by atoms with E-state index in [2.05, 4.69) is 16.5 Å². The predicted molar refractivity (Wildman–Crippen MR) is 204 cm³/mol. The zero-order chi connectivity index (χ0) is 36.3. The summed E-state index contributed by atoms with van der Waals surface area (Å²) in [5.74, 6) is 0.217. The highest BCUT2D eigenvalue weighted by molar-refractivity contribution is 6.35. The van der Waals surface area contributed by atoms with E-state index in [1.165, 1.54) is 0 Å². The van der Waals surface area contributed by atoms with Crippen molar-refractivity contribution in [1.29, 1.82) is 0 Å². The van der Waals surface area contributed by atoms with Gasteiger partial charge in [-0.1, -0.05) is 41.4 Å². The maximum Gasteiger partial charge on any atom is 0.354 e. The number of esters is 1. The molecule has 0 aliphatic carbocycles. The predicted octanol–water partition coefficient (Wildman–Crippen LogP) is 9.47. The molecular formula is C40H41Cl2N5O4. The minimum Gasteiger partial charge on any atom is -0.494 e. The lowest BCUT2D eigenvalue weighted by molar-refractivity contribution is 0.0520. The van der Waals surface area contributed by atoms with Crippen LogP contribution >= 0.6 is 23.2 Å². The van der Waals surface area contributed by atoms with Crippen LogP contribution in [-0.4, -0.2) is 51.0 Å². The first-order valence-electron chi connectivity index (χ1n) is 17.3. The average molecular weight is 727 g/mol. The van der Waals surface area contributed by atoms with Crippen molar-refractivity contribution >= 4 is 62.6 Å². The number of carbonyl (C=O) groups excluding carboxylic acids is 2. The van der Waals surface area contributed by atoms with Crippen LogP contribution in [0.5, 0.6) is 5.75 Å². The van der Waals surface area contributed by atoms with Crippen LogP contribution in [0.15, 0.2) is 48.5 Å². The monoisotopic (exact) mass is 725 g/mol. The second-order valence-electron chi connectivity index (χ2n) is 13.4. The van der Waals surface area contributed by atoms with E-state index in [0.717, 1.165) is 66.3 Å². The van der Waals surface area contributed by atoms with Crippen LogP contribution in [0.3, 0.4) is 0 Å². The van der Waals surface area contributed by atoms with Crippen LogP contribution in [0.2, 0.25) is 10.0 Å². The molecule has 9 nitrogen and oxygen atoms in total. The number of amides is 1. The fraction of sp³-hybridized carbons (Fsp3) is 0.325. The number of aromatic amines is 1. The number of nitrogens with zero attached hydrogens (tertiary/aromatic N) is 4. The van der Waals surface area contributed by atoms with Gasteiger partial charge in [0.2, 0.25) is 0 Å². The van der Waals surface area contributed by atoms with E-state index in [0.29, 0.717) is 53.6 Å². The molecule has 11 heteroatoms. The third-order valence-electron chi connectivity index (χ3n) is 9.98. The SMILES string of the molecule is CCOC(=O)c1cc2cccc(N3C[C@@H](C)n4c(c(CCCOc5cc(C)c(Cl)c(C)c5)c5ccc(Cl)c(-c6c(C)nn(C)c6C)c54)C3=O)c2[nH]1. The number of para-hydroxylation sites is 1. The Balaban J connectivity index is 1.36. The van der Waals surface area contributed by atoms with Crippen LogP contribution in [0, 0.1) is 27.7 Å². The van der Waals surface area contributed by atoms with Gasteiger partial charge < -0.3 is 23.9 Å². The summed E-state index contributed by atoms with van der Waals surface area (Å²) in [6.45, 7) is 13.0. The van der Waals surface area contributed by atoms with Crippen molar-refractivity contribution in [3.8, 4) is 16.9 Å². The van der Waals surface area contributed by atoms with E-state index in [9.17, 15) is 9.59 Å². The molecule has 1 aliphatic heterocycles. The van der Waals surface area contributed by atoms with Gasteiger partial charge in [0.05, 0.1) is 40.7 Å². The number of carbonyl (C=O) groups is 2. The maximum absolute atomic E-state index is 15.0. The average Bonchev–Trinajstić information content (AvgIpc) is 3.75. The zero-order valence-corrected chi connectivity index (χ0v) is 31.4. The molecule has 6 aromatic rings. The first-order valence-corrected chi connectivity index (χ1v) is 18.0. The van der Waals surface area contributed by atoms with Gasteiger partial charge in [-0.2, -0.15) is 5.10 Å². The molecule has 0 unspecified atom stereocenters. The van der Waals surface area contributed by atoms with E-state index in [4.69, 9.17) is 37.8 Å². The number of rotatable bonds is 9. The minimum atomic E-state index is -0.433. The number of aromatic nitrogens is 4. The van der Waals surface area contributed by atoms with Gasteiger partial charge in [0.25, 0.3) is 5.91 Å². The highest BCUT2D eigenvalue weighted by Crippen LogP contribution is 2.45. The number of nitrogens with one attached hydrogen (secondary N) is 1. The van der Waals surface area contributed by atoms with E-state index >= 15 is 0 Å². The number of H-pyrrole nitrogens is 1. The molecule has 7 rings (SSSR count). The summed E-state index contributed by atoms with van der Waals surface area (Å²) in [4.78, 5) is 32.7. The third-order valence-corrected chi connectivity index (χ3v) is 10.9. The molecule has 264 valence electrons. The molecule has 0 fully saturated rings. The van der Waals surface area contributed by atoms with Gasteiger partial charge in [0, 0.05) is 52.3 Å². The summed E-state index contributed by atoms with van der Waals surface area (Å²) in [6.07, 6.45) is 1.27. The standard InChI is InChI=1S/C40H41Cl2N5O4/c1-8-50-40(49)31-19-26-11-9-13-32(36(26)43-31)46-20-23(4)47-37-29(14-15-30(41)34(37)33-24(5)44-45(7)25(33)6)28(38(47)39(46)48)12-10-16-51-27-17-21(2)35(42)22(3)18-27/h9,11,13-15,17-19,23,43H,8,10,12,16,20H2,1-7H3/t23-/m1/s1. The summed E-state index contributed by atoms with van der Waals surface area (Å²) in [5, 5.41) is 7.87. The van der Waals surface area contributed by atoms with Crippen molar-refractivity contribution in [1.82, 2.24) is 19.3 Å². The molecule has 1 atom stereocenters. The Bertz CT molecular complexity index is 2340. The molecule has 0 saturated heterocycles. The summed E-state index contributed by atoms with van der Waals surface area (Å²) in [6, 6.07) is 15.3. The van der Waals surface area contributed by atoms with Crippen molar-refractivity contribution < 1.29 is 19.1 Å². The second kappa shape index (κ2) is 13.4. The van der Waals surface area contributed by atoms with Crippen molar-refractivity contribution in [2.45, 2.75) is 60.4 Å². The number of ether oxygens (including phenoxy) is 2. The Morgan fingerprint density at radius 3 is 2.47 bits per heavy atom. The van der Waals surface area contributed by atoms with Gasteiger partial charge in [-0.3, -0.25) is 9.48 Å². The van der Waals surface area contributed by atoms with E-state index in [-0.39, 0.29) is 18.6 Å².